The highest BCUT2D eigenvalue weighted by Gasteiger charge is 2.04. The Morgan fingerprint density at radius 2 is 1.76 bits per heavy atom. The van der Waals surface area contributed by atoms with Crippen molar-refractivity contribution in [3.8, 4) is 11.1 Å². The van der Waals surface area contributed by atoms with Crippen molar-refractivity contribution in [1.82, 2.24) is 4.98 Å². The van der Waals surface area contributed by atoms with Gasteiger partial charge in [0.1, 0.15) is 0 Å². The van der Waals surface area contributed by atoms with Crippen LogP contribution in [0, 0.1) is 6.07 Å². The first-order valence-electron chi connectivity index (χ1n) is 5.36. The number of nitrogens with zero attached hydrogens (tertiary/aromatic N) is 1. The van der Waals surface area contributed by atoms with Crippen LogP contribution >= 0.6 is 11.6 Å². The number of halogens is 1. The van der Waals surface area contributed by atoms with E-state index in [0.29, 0.717) is 5.02 Å². The van der Waals surface area contributed by atoms with E-state index in [1.807, 2.05) is 36.4 Å². The molecule has 1 nitrogen and oxygen atoms in total. The average Bonchev–Trinajstić information content (AvgIpc) is 2.38. The van der Waals surface area contributed by atoms with E-state index in [9.17, 15) is 0 Å². The zero-order valence-corrected chi connectivity index (χ0v) is 9.78. The maximum atomic E-state index is 5.97. The Hall–Kier alpha value is -1.86. The molecule has 0 aliphatic heterocycles. The molecule has 1 aromatic heterocycles. The zero-order valence-electron chi connectivity index (χ0n) is 9.02. The second kappa shape index (κ2) is 4.19. The summed E-state index contributed by atoms with van der Waals surface area (Å²) in [6, 6.07) is 19.0. The molecule has 17 heavy (non-hydrogen) atoms. The summed E-state index contributed by atoms with van der Waals surface area (Å²) in [4.78, 5) is 4.42. The van der Waals surface area contributed by atoms with Crippen LogP contribution in [0.4, 0.5) is 0 Å². The van der Waals surface area contributed by atoms with Gasteiger partial charge >= 0.3 is 0 Å². The van der Waals surface area contributed by atoms with Gasteiger partial charge in [-0.3, -0.25) is 4.98 Å². The number of pyridine rings is 1. The molecule has 0 fully saturated rings. The van der Waals surface area contributed by atoms with Crippen molar-refractivity contribution in [2.24, 2.45) is 0 Å². The predicted molar refractivity (Wildman–Crippen MR) is 71.0 cm³/mol. The first kappa shape index (κ1) is 10.3. The van der Waals surface area contributed by atoms with Crippen LogP contribution in [0.1, 0.15) is 0 Å². The fourth-order valence-electron chi connectivity index (χ4n) is 1.92. The number of para-hydroxylation sites is 1. The summed E-state index contributed by atoms with van der Waals surface area (Å²) >= 11 is 5.97. The summed E-state index contributed by atoms with van der Waals surface area (Å²) in [6.07, 6.45) is 1.80. The molecule has 3 aromatic rings. The van der Waals surface area contributed by atoms with E-state index in [4.69, 9.17) is 11.6 Å². The topological polar surface area (TPSA) is 12.9 Å². The van der Waals surface area contributed by atoms with Gasteiger partial charge in [-0.05, 0) is 17.7 Å². The Labute approximate surface area is 105 Å². The summed E-state index contributed by atoms with van der Waals surface area (Å²) in [5.74, 6) is 0. The van der Waals surface area contributed by atoms with Crippen LogP contribution in [0.15, 0.2) is 54.7 Å². The van der Waals surface area contributed by atoms with Gasteiger partial charge in [0.25, 0.3) is 0 Å². The van der Waals surface area contributed by atoms with Gasteiger partial charge in [0.05, 0.1) is 5.52 Å². The highest BCUT2D eigenvalue weighted by molar-refractivity contribution is 6.30. The molecule has 0 atom stereocenters. The van der Waals surface area contributed by atoms with Crippen molar-refractivity contribution in [2.75, 3.05) is 0 Å². The van der Waals surface area contributed by atoms with Gasteiger partial charge in [-0.15, -0.1) is 0 Å². The molecular weight excluding hydrogens is 230 g/mol. The third-order valence-corrected chi connectivity index (χ3v) is 2.90. The number of benzene rings is 2. The van der Waals surface area contributed by atoms with Gasteiger partial charge in [0.2, 0.25) is 0 Å². The Bertz CT molecular complexity index is 671. The largest absolute Gasteiger partial charge is 0.256 e. The van der Waals surface area contributed by atoms with Crippen LogP contribution < -0.4 is 0 Å². The molecule has 0 saturated heterocycles. The second-order valence-electron chi connectivity index (χ2n) is 3.79. The van der Waals surface area contributed by atoms with Gasteiger partial charge in [0.15, 0.2) is 0 Å². The van der Waals surface area contributed by atoms with E-state index < -0.39 is 0 Å². The molecule has 0 unspecified atom stereocenters. The van der Waals surface area contributed by atoms with Crippen molar-refractivity contribution in [1.29, 1.82) is 0 Å². The lowest BCUT2D eigenvalue weighted by Gasteiger charge is -2.05. The van der Waals surface area contributed by atoms with Gasteiger partial charge in [-0.2, -0.15) is 0 Å². The Morgan fingerprint density at radius 1 is 0.941 bits per heavy atom. The van der Waals surface area contributed by atoms with Gasteiger partial charge < -0.3 is 0 Å². The average molecular weight is 239 g/mol. The van der Waals surface area contributed by atoms with Crippen molar-refractivity contribution < 1.29 is 0 Å². The smallest absolute Gasteiger partial charge is 0.0780 e. The summed E-state index contributed by atoms with van der Waals surface area (Å²) in [7, 11) is 0. The maximum Gasteiger partial charge on any atom is 0.0780 e. The number of rotatable bonds is 1. The van der Waals surface area contributed by atoms with Crippen LogP contribution in [0.3, 0.4) is 0 Å². The number of hydrogen-bond donors (Lipinski definition) is 0. The van der Waals surface area contributed by atoms with Gasteiger partial charge in [-0.1, -0.05) is 48.0 Å². The summed E-state index contributed by atoms with van der Waals surface area (Å²) in [6.45, 7) is 0. The summed E-state index contributed by atoms with van der Waals surface area (Å²) in [5.41, 5.74) is 3.01. The molecule has 1 radical (unpaired) electrons. The van der Waals surface area contributed by atoms with E-state index >= 15 is 0 Å². The molecule has 0 saturated carbocycles. The van der Waals surface area contributed by atoms with Crippen LogP contribution in [-0.2, 0) is 0 Å². The molecule has 0 spiro atoms. The fraction of sp³-hybridized carbons (Fsp3) is 0. The van der Waals surface area contributed by atoms with Gasteiger partial charge in [-0.25, -0.2) is 0 Å². The molecule has 0 bridgehead atoms. The van der Waals surface area contributed by atoms with Crippen molar-refractivity contribution in [3.05, 3.63) is 65.8 Å². The number of aromatic nitrogens is 1. The first-order chi connectivity index (χ1) is 8.34. The maximum absolute atomic E-state index is 5.97. The molecule has 0 aliphatic rings. The highest BCUT2D eigenvalue weighted by atomic mass is 35.5. The van der Waals surface area contributed by atoms with E-state index in [1.54, 1.807) is 6.20 Å². The summed E-state index contributed by atoms with van der Waals surface area (Å²) in [5, 5.41) is 1.74. The Morgan fingerprint density at radius 3 is 2.65 bits per heavy atom. The quantitative estimate of drug-likeness (QED) is 0.614. The lowest BCUT2D eigenvalue weighted by Crippen LogP contribution is -1.84. The first-order valence-corrected chi connectivity index (χ1v) is 5.74. The lowest BCUT2D eigenvalue weighted by molar-refractivity contribution is 1.41. The monoisotopic (exact) mass is 238 g/mol. The minimum Gasteiger partial charge on any atom is -0.256 e. The van der Waals surface area contributed by atoms with Crippen LogP contribution in [0.25, 0.3) is 22.0 Å². The lowest BCUT2D eigenvalue weighted by atomic mass is 10.0. The van der Waals surface area contributed by atoms with Crippen molar-refractivity contribution in [3.63, 3.8) is 0 Å². The van der Waals surface area contributed by atoms with E-state index in [2.05, 4.69) is 23.2 Å². The molecule has 3 rings (SSSR count). The van der Waals surface area contributed by atoms with Crippen LogP contribution in [-0.4, -0.2) is 4.98 Å². The standard InChI is InChI=1S/C15H9ClN/c16-13-7-1-5-12(10-13)14-8-2-4-11-6-3-9-17-15(11)14/h1-9H. The molecule has 1 heterocycles. The molecule has 0 N–H and O–H groups in total. The molecular formula is C15H9ClN. The molecule has 2 heteroatoms. The molecule has 2 aromatic carbocycles. The Balaban J connectivity index is 2.30. The van der Waals surface area contributed by atoms with E-state index in [-0.39, 0.29) is 0 Å². The van der Waals surface area contributed by atoms with E-state index in [0.717, 1.165) is 22.0 Å². The van der Waals surface area contributed by atoms with Crippen LogP contribution in [0.5, 0.6) is 0 Å². The zero-order chi connectivity index (χ0) is 11.7. The van der Waals surface area contributed by atoms with E-state index in [1.165, 1.54) is 0 Å². The Kier molecular flexibility index (Phi) is 2.54. The van der Waals surface area contributed by atoms with Crippen LogP contribution in [0.2, 0.25) is 5.02 Å². The molecule has 0 aliphatic carbocycles. The third kappa shape index (κ3) is 1.90. The van der Waals surface area contributed by atoms with Crippen molar-refractivity contribution in [2.45, 2.75) is 0 Å². The predicted octanol–water partition coefficient (Wildman–Crippen LogP) is 4.36. The summed E-state index contributed by atoms with van der Waals surface area (Å²) < 4.78 is 0. The highest BCUT2D eigenvalue weighted by Crippen LogP contribution is 2.27. The fourth-order valence-corrected chi connectivity index (χ4v) is 2.09. The SMILES string of the molecule is Clc1[c]c(-c2cccc3cccnc23)ccc1. The third-order valence-electron chi connectivity index (χ3n) is 2.68. The van der Waals surface area contributed by atoms with Gasteiger partial charge in [0, 0.05) is 28.2 Å². The second-order valence-corrected chi connectivity index (χ2v) is 4.20. The minimum absolute atomic E-state index is 0.621. The van der Waals surface area contributed by atoms with Crippen molar-refractivity contribution >= 4 is 22.5 Å². The number of hydrogen-bond acceptors (Lipinski definition) is 1. The normalized spacial score (nSPS) is 10.6. The molecule has 81 valence electrons. The molecule has 0 amide bonds. The minimum atomic E-state index is 0.621. The number of fused-ring (bicyclic) bond motifs is 1.